The van der Waals surface area contributed by atoms with E-state index in [9.17, 15) is 0 Å². The number of nitrogens with zero attached hydrogens (tertiary/aromatic N) is 1. The molecule has 0 saturated heterocycles. The molecule has 1 aromatic heterocycles. The number of hydrogen-bond acceptors (Lipinski definition) is 4. The summed E-state index contributed by atoms with van der Waals surface area (Å²) in [6, 6.07) is 8.22. The number of hydrogen-bond donors (Lipinski definition) is 1. The van der Waals surface area contributed by atoms with Gasteiger partial charge < -0.3 is 14.5 Å². The molecule has 0 atom stereocenters. The number of benzene rings is 1. The van der Waals surface area contributed by atoms with Crippen LogP contribution in [0.3, 0.4) is 0 Å². The van der Waals surface area contributed by atoms with E-state index in [1.807, 2.05) is 38.1 Å². The van der Waals surface area contributed by atoms with E-state index in [-0.39, 0.29) is 5.60 Å². The minimum Gasteiger partial charge on any atom is -0.424 e. The monoisotopic (exact) mass is 220 g/mol. The summed E-state index contributed by atoms with van der Waals surface area (Å²) >= 11 is 0. The number of para-hydroxylation sites is 2. The molecule has 0 aliphatic rings. The van der Waals surface area contributed by atoms with Gasteiger partial charge >= 0.3 is 0 Å². The van der Waals surface area contributed by atoms with Gasteiger partial charge in [0.15, 0.2) is 5.58 Å². The number of methoxy groups -OCH3 is 1. The molecule has 1 heterocycles. The molecule has 0 bridgehead atoms. The van der Waals surface area contributed by atoms with Crippen LogP contribution < -0.4 is 5.32 Å². The second-order valence-electron chi connectivity index (χ2n) is 4.30. The Balaban J connectivity index is 2.10. The van der Waals surface area contributed by atoms with Crippen molar-refractivity contribution >= 4 is 17.1 Å². The Hall–Kier alpha value is -1.55. The van der Waals surface area contributed by atoms with E-state index in [1.165, 1.54) is 0 Å². The average molecular weight is 220 g/mol. The van der Waals surface area contributed by atoms with E-state index in [0.29, 0.717) is 12.6 Å². The summed E-state index contributed by atoms with van der Waals surface area (Å²) in [4.78, 5) is 4.32. The van der Waals surface area contributed by atoms with Crippen molar-refractivity contribution in [3.8, 4) is 0 Å². The van der Waals surface area contributed by atoms with Crippen molar-refractivity contribution in [1.82, 2.24) is 4.98 Å². The molecule has 1 aromatic carbocycles. The normalized spacial score (nSPS) is 11.9. The first-order valence-corrected chi connectivity index (χ1v) is 5.25. The molecule has 0 fully saturated rings. The molecule has 2 aromatic rings. The van der Waals surface area contributed by atoms with E-state index in [0.717, 1.165) is 11.1 Å². The maximum absolute atomic E-state index is 5.53. The Labute approximate surface area is 94.6 Å². The highest BCUT2D eigenvalue weighted by molar-refractivity contribution is 5.74. The third kappa shape index (κ3) is 2.33. The zero-order valence-electron chi connectivity index (χ0n) is 9.78. The van der Waals surface area contributed by atoms with Crippen LogP contribution in [0.1, 0.15) is 13.8 Å². The predicted molar refractivity (Wildman–Crippen MR) is 63.6 cm³/mol. The second-order valence-corrected chi connectivity index (χ2v) is 4.30. The zero-order chi connectivity index (χ0) is 11.6. The smallest absolute Gasteiger partial charge is 0.295 e. The molecule has 86 valence electrons. The SMILES string of the molecule is COC(C)(C)CNc1nc2ccccc2o1. The van der Waals surface area contributed by atoms with Crippen LogP contribution in [-0.2, 0) is 4.74 Å². The summed E-state index contributed by atoms with van der Waals surface area (Å²) in [5, 5.41) is 3.12. The van der Waals surface area contributed by atoms with Gasteiger partial charge in [-0.05, 0) is 26.0 Å². The maximum atomic E-state index is 5.53. The van der Waals surface area contributed by atoms with Crippen LogP contribution in [0, 0.1) is 0 Å². The Bertz CT molecular complexity index is 444. The molecule has 0 aliphatic heterocycles. The summed E-state index contributed by atoms with van der Waals surface area (Å²) in [5.74, 6) is 0. The fourth-order valence-corrected chi connectivity index (χ4v) is 1.31. The molecule has 0 saturated carbocycles. The summed E-state index contributed by atoms with van der Waals surface area (Å²) < 4.78 is 10.8. The fourth-order valence-electron chi connectivity index (χ4n) is 1.31. The highest BCUT2D eigenvalue weighted by atomic mass is 16.5. The van der Waals surface area contributed by atoms with Crippen LogP contribution in [-0.4, -0.2) is 24.2 Å². The summed E-state index contributed by atoms with van der Waals surface area (Å²) in [6.07, 6.45) is 0. The van der Waals surface area contributed by atoms with Gasteiger partial charge in [-0.25, -0.2) is 0 Å². The lowest BCUT2D eigenvalue weighted by molar-refractivity contribution is 0.0340. The number of anilines is 1. The first-order chi connectivity index (χ1) is 7.61. The molecule has 4 nitrogen and oxygen atoms in total. The van der Waals surface area contributed by atoms with Gasteiger partial charge in [-0.15, -0.1) is 0 Å². The standard InChI is InChI=1S/C12H16N2O2/c1-12(2,15-3)8-13-11-14-9-6-4-5-7-10(9)16-11/h4-7H,8H2,1-3H3,(H,13,14). The van der Waals surface area contributed by atoms with Gasteiger partial charge in [-0.3, -0.25) is 0 Å². The third-order valence-corrected chi connectivity index (χ3v) is 2.51. The van der Waals surface area contributed by atoms with Crippen molar-refractivity contribution < 1.29 is 9.15 Å². The molecule has 4 heteroatoms. The predicted octanol–water partition coefficient (Wildman–Crippen LogP) is 2.66. The molecule has 0 aliphatic carbocycles. The van der Waals surface area contributed by atoms with E-state index in [2.05, 4.69) is 10.3 Å². The third-order valence-electron chi connectivity index (χ3n) is 2.51. The highest BCUT2D eigenvalue weighted by Crippen LogP contribution is 2.19. The van der Waals surface area contributed by atoms with Crippen LogP contribution in [0.25, 0.3) is 11.1 Å². The van der Waals surface area contributed by atoms with Crippen LogP contribution in [0.2, 0.25) is 0 Å². The Morgan fingerprint density at radius 1 is 1.38 bits per heavy atom. The van der Waals surface area contributed by atoms with Gasteiger partial charge in [0, 0.05) is 13.7 Å². The van der Waals surface area contributed by atoms with E-state index >= 15 is 0 Å². The van der Waals surface area contributed by atoms with Crippen LogP contribution in [0.15, 0.2) is 28.7 Å². The minimum absolute atomic E-state index is 0.235. The molecule has 16 heavy (non-hydrogen) atoms. The lowest BCUT2D eigenvalue weighted by atomic mass is 10.1. The van der Waals surface area contributed by atoms with Gasteiger partial charge in [-0.1, -0.05) is 12.1 Å². The Kier molecular flexibility index (Phi) is 2.83. The van der Waals surface area contributed by atoms with Crippen molar-refractivity contribution in [3.63, 3.8) is 0 Å². The van der Waals surface area contributed by atoms with Crippen LogP contribution in [0.5, 0.6) is 0 Å². The second kappa shape index (κ2) is 4.14. The number of aromatic nitrogens is 1. The number of oxazole rings is 1. The molecular formula is C12H16N2O2. The quantitative estimate of drug-likeness (QED) is 0.860. The van der Waals surface area contributed by atoms with Gasteiger partial charge in [0.25, 0.3) is 6.01 Å². The van der Waals surface area contributed by atoms with Gasteiger partial charge in [0.05, 0.1) is 5.60 Å². The van der Waals surface area contributed by atoms with Crippen LogP contribution in [0.4, 0.5) is 6.01 Å². The topological polar surface area (TPSA) is 47.3 Å². The van der Waals surface area contributed by atoms with E-state index in [1.54, 1.807) is 7.11 Å². The van der Waals surface area contributed by atoms with Crippen molar-refractivity contribution in [1.29, 1.82) is 0 Å². The number of ether oxygens (including phenoxy) is 1. The maximum Gasteiger partial charge on any atom is 0.295 e. The summed E-state index contributed by atoms with van der Waals surface area (Å²) in [5.41, 5.74) is 1.42. The van der Waals surface area contributed by atoms with Crippen molar-refractivity contribution in [2.24, 2.45) is 0 Å². The molecular weight excluding hydrogens is 204 g/mol. The summed E-state index contributed by atoms with van der Waals surface area (Å²) in [6.45, 7) is 4.65. The molecule has 0 radical (unpaired) electrons. The molecule has 2 rings (SSSR count). The fraction of sp³-hybridized carbons (Fsp3) is 0.417. The Morgan fingerprint density at radius 2 is 2.12 bits per heavy atom. The lowest BCUT2D eigenvalue weighted by Crippen LogP contribution is -2.32. The lowest BCUT2D eigenvalue weighted by Gasteiger charge is -2.22. The number of rotatable bonds is 4. The van der Waals surface area contributed by atoms with E-state index in [4.69, 9.17) is 9.15 Å². The van der Waals surface area contributed by atoms with Crippen molar-refractivity contribution in [3.05, 3.63) is 24.3 Å². The first-order valence-electron chi connectivity index (χ1n) is 5.25. The van der Waals surface area contributed by atoms with Crippen molar-refractivity contribution in [2.75, 3.05) is 19.0 Å². The Morgan fingerprint density at radius 3 is 2.81 bits per heavy atom. The largest absolute Gasteiger partial charge is 0.424 e. The average Bonchev–Trinajstić information content (AvgIpc) is 2.69. The molecule has 0 spiro atoms. The van der Waals surface area contributed by atoms with Crippen LogP contribution >= 0.6 is 0 Å². The van der Waals surface area contributed by atoms with Gasteiger partial charge in [-0.2, -0.15) is 4.98 Å². The highest BCUT2D eigenvalue weighted by Gasteiger charge is 2.17. The van der Waals surface area contributed by atoms with Crippen molar-refractivity contribution in [2.45, 2.75) is 19.4 Å². The number of fused-ring (bicyclic) bond motifs is 1. The van der Waals surface area contributed by atoms with E-state index < -0.39 is 0 Å². The minimum atomic E-state index is -0.235. The first kappa shape index (κ1) is 11.0. The van der Waals surface area contributed by atoms with Gasteiger partial charge in [0.1, 0.15) is 5.52 Å². The van der Waals surface area contributed by atoms with Gasteiger partial charge in [0.2, 0.25) is 0 Å². The molecule has 0 amide bonds. The molecule has 1 N–H and O–H groups in total. The number of nitrogens with one attached hydrogen (secondary N) is 1. The molecule has 0 unspecified atom stereocenters. The summed E-state index contributed by atoms with van der Waals surface area (Å²) in [7, 11) is 1.69. The zero-order valence-corrected chi connectivity index (χ0v) is 9.78.